The van der Waals surface area contributed by atoms with Crippen molar-refractivity contribution >= 4 is 29.2 Å². The summed E-state index contributed by atoms with van der Waals surface area (Å²) in [5.74, 6) is 1.30. The number of hydrogen-bond acceptors (Lipinski definition) is 5. The fourth-order valence-electron chi connectivity index (χ4n) is 2.67. The lowest BCUT2D eigenvalue weighted by atomic mass is 10.0. The van der Waals surface area contributed by atoms with Crippen molar-refractivity contribution in [1.82, 2.24) is 0 Å². The predicted octanol–water partition coefficient (Wildman–Crippen LogP) is 5.64. The highest BCUT2D eigenvalue weighted by molar-refractivity contribution is 6.34. The smallest absolute Gasteiger partial charge is 0.338 e. The summed E-state index contributed by atoms with van der Waals surface area (Å²) >= 11 is 6.59. The Hall–Kier alpha value is -2.66. The summed E-state index contributed by atoms with van der Waals surface area (Å²) < 4.78 is 21.8. The Bertz CT molecular complexity index is 870. The van der Waals surface area contributed by atoms with Crippen LogP contribution in [0.2, 0.25) is 5.02 Å². The molecule has 0 radical (unpaired) electrons. The highest BCUT2D eigenvalue weighted by Gasteiger charge is 2.17. The van der Waals surface area contributed by atoms with Gasteiger partial charge in [0.05, 0.1) is 37.0 Å². The molecule has 0 atom stereocenters. The highest BCUT2D eigenvalue weighted by Crippen LogP contribution is 2.37. The van der Waals surface area contributed by atoms with Gasteiger partial charge in [0.1, 0.15) is 17.2 Å². The third-order valence-electron chi connectivity index (χ3n) is 3.88. The van der Waals surface area contributed by atoms with E-state index in [0.717, 1.165) is 0 Å². The average molecular weight is 419 g/mol. The van der Waals surface area contributed by atoms with Crippen LogP contribution in [0, 0.1) is 0 Å². The van der Waals surface area contributed by atoms with Crippen LogP contribution in [0.15, 0.2) is 36.4 Å². The van der Waals surface area contributed by atoms with E-state index in [1.165, 1.54) is 7.11 Å². The Morgan fingerprint density at radius 2 is 1.55 bits per heavy atom. The van der Waals surface area contributed by atoms with E-state index in [1.54, 1.807) is 49.6 Å². The first kappa shape index (κ1) is 22.6. The molecule has 2 rings (SSSR count). The maximum absolute atomic E-state index is 12.5. The number of esters is 1. The Morgan fingerprint density at radius 3 is 2.07 bits per heavy atom. The Morgan fingerprint density at radius 1 is 0.931 bits per heavy atom. The molecule has 0 spiro atoms. The van der Waals surface area contributed by atoms with Crippen LogP contribution in [0.4, 0.5) is 0 Å². The summed E-state index contributed by atoms with van der Waals surface area (Å²) in [6, 6.07) is 10.7. The topological polar surface area (TPSA) is 54.0 Å². The second kappa shape index (κ2) is 10.2. The van der Waals surface area contributed by atoms with Gasteiger partial charge in [-0.25, -0.2) is 4.79 Å². The van der Waals surface area contributed by atoms with Gasteiger partial charge in [0.25, 0.3) is 0 Å². The number of hydrogen-bond donors (Lipinski definition) is 0. The normalized spacial score (nSPS) is 11.6. The monoisotopic (exact) mass is 418 g/mol. The summed E-state index contributed by atoms with van der Waals surface area (Å²) in [5, 5.41) is 0.393. The van der Waals surface area contributed by atoms with Crippen LogP contribution < -0.4 is 14.2 Å². The van der Waals surface area contributed by atoms with E-state index in [9.17, 15) is 4.79 Å². The van der Waals surface area contributed by atoms with E-state index in [-0.39, 0.29) is 12.2 Å². The fraction of sp³-hybridized carbons (Fsp3) is 0.348. The zero-order chi connectivity index (χ0) is 21.6. The van der Waals surface area contributed by atoms with Crippen molar-refractivity contribution < 1.29 is 23.7 Å². The molecule has 0 amide bonds. The molecular weight excluding hydrogens is 392 g/mol. The second-order valence-corrected chi connectivity index (χ2v) is 7.31. The summed E-state index contributed by atoms with van der Waals surface area (Å²) in [6.45, 7) is 7.70. The predicted molar refractivity (Wildman–Crippen MR) is 116 cm³/mol. The average Bonchev–Trinajstić information content (AvgIpc) is 2.68. The highest BCUT2D eigenvalue weighted by atomic mass is 35.5. The number of halogens is 1. The van der Waals surface area contributed by atoms with Crippen LogP contribution in [-0.2, 0) is 9.53 Å². The van der Waals surface area contributed by atoms with Gasteiger partial charge < -0.3 is 18.9 Å². The van der Waals surface area contributed by atoms with Gasteiger partial charge in [-0.15, -0.1) is 0 Å². The first-order valence-electron chi connectivity index (χ1n) is 9.36. The van der Waals surface area contributed by atoms with Crippen molar-refractivity contribution in [2.75, 3.05) is 14.2 Å². The number of benzene rings is 2. The van der Waals surface area contributed by atoms with Crippen LogP contribution in [0.5, 0.6) is 17.2 Å². The van der Waals surface area contributed by atoms with Crippen molar-refractivity contribution in [2.24, 2.45) is 0 Å². The first-order valence-corrected chi connectivity index (χ1v) is 9.74. The van der Waals surface area contributed by atoms with Crippen LogP contribution in [0.1, 0.15) is 38.8 Å². The number of carbonyl (C=O) groups excluding carboxylic acids is 1. The Balaban J connectivity index is 2.61. The maximum Gasteiger partial charge on any atom is 0.338 e. The molecule has 0 aliphatic heterocycles. The van der Waals surface area contributed by atoms with E-state index >= 15 is 0 Å². The second-order valence-electron chi connectivity index (χ2n) is 6.94. The lowest BCUT2D eigenvalue weighted by Crippen LogP contribution is -2.09. The molecule has 2 aromatic rings. The van der Waals surface area contributed by atoms with Crippen LogP contribution >= 0.6 is 11.6 Å². The van der Waals surface area contributed by atoms with Gasteiger partial charge in [-0.1, -0.05) is 23.7 Å². The maximum atomic E-state index is 12.5. The standard InChI is InChI=1S/C23H27ClO5/c1-14(2)28-19-11-17(22(24)21(13-19)29-15(3)4)12-20(23(25)27-6)16-7-9-18(26-5)10-8-16/h7-15H,1-6H3/b20-12-. The van der Waals surface area contributed by atoms with Crippen LogP contribution in [0.25, 0.3) is 11.6 Å². The lowest BCUT2D eigenvalue weighted by molar-refractivity contribution is -0.133. The summed E-state index contributed by atoms with van der Waals surface area (Å²) in [6.07, 6.45) is 1.58. The van der Waals surface area contributed by atoms with E-state index in [4.69, 9.17) is 30.5 Å². The minimum atomic E-state index is -0.479. The number of rotatable bonds is 8. The van der Waals surface area contributed by atoms with Gasteiger partial charge in [0.15, 0.2) is 0 Å². The van der Waals surface area contributed by atoms with Crippen molar-refractivity contribution in [1.29, 1.82) is 0 Å². The summed E-state index contributed by atoms with van der Waals surface area (Å²) in [5.41, 5.74) is 1.63. The van der Waals surface area contributed by atoms with Crippen molar-refractivity contribution in [3.8, 4) is 17.2 Å². The Labute approximate surface area is 177 Å². The summed E-state index contributed by atoms with van der Waals surface area (Å²) in [4.78, 5) is 12.5. The number of ether oxygens (including phenoxy) is 4. The van der Waals surface area contributed by atoms with Crippen LogP contribution in [0.3, 0.4) is 0 Å². The van der Waals surface area contributed by atoms with Crippen molar-refractivity contribution in [3.63, 3.8) is 0 Å². The molecule has 29 heavy (non-hydrogen) atoms. The minimum absolute atomic E-state index is 0.0263. The molecule has 0 saturated heterocycles. The van der Waals surface area contributed by atoms with Gasteiger partial charge in [-0.05, 0) is 57.5 Å². The summed E-state index contributed by atoms with van der Waals surface area (Å²) in [7, 11) is 2.93. The zero-order valence-corrected chi connectivity index (χ0v) is 18.4. The molecule has 0 saturated carbocycles. The number of carbonyl (C=O) groups is 1. The third-order valence-corrected chi connectivity index (χ3v) is 4.29. The Kier molecular flexibility index (Phi) is 7.97. The largest absolute Gasteiger partial charge is 0.497 e. The van der Waals surface area contributed by atoms with E-state index in [0.29, 0.717) is 39.0 Å². The molecule has 0 bridgehead atoms. The molecular formula is C23H27ClO5. The molecule has 0 aliphatic carbocycles. The molecule has 0 N–H and O–H groups in total. The third kappa shape index (κ3) is 6.16. The molecule has 5 nitrogen and oxygen atoms in total. The lowest BCUT2D eigenvalue weighted by Gasteiger charge is -2.17. The van der Waals surface area contributed by atoms with E-state index < -0.39 is 5.97 Å². The SMILES string of the molecule is COC(=O)/C(=C\c1cc(OC(C)C)cc(OC(C)C)c1Cl)c1ccc(OC)cc1. The van der Waals surface area contributed by atoms with Gasteiger partial charge >= 0.3 is 5.97 Å². The van der Waals surface area contributed by atoms with Gasteiger partial charge in [0, 0.05) is 11.6 Å². The van der Waals surface area contributed by atoms with E-state index in [2.05, 4.69) is 0 Å². The molecule has 0 unspecified atom stereocenters. The molecule has 2 aromatic carbocycles. The molecule has 156 valence electrons. The van der Waals surface area contributed by atoms with E-state index in [1.807, 2.05) is 27.7 Å². The van der Waals surface area contributed by atoms with Crippen molar-refractivity contribution in [3.05, 3.63) is 52.5 Å². The first-order chi connectivity index (χ1) is 13.7. The number of methoxy groups -OCH3 is 2. The molecule has 0 fully saturated rings. The van der Waals surface area contributed by atoms with Gasteiger partial charge in [0.2, 0.25) is 0 Å². The fourth-order valence-corrected chi connectivity index (χ4v) is 2.88. The van der Waals surface area contributed by atoms with Crippen molar-refractivity contribution in [2.45, 2.75) is 39.9 Å². The van der Waals surface area contributed by atoms with Gasteiger partial charge in [-0.2, -0.15) is 0 Å². The molecule has 6 heteroatoms. The zero-order valence-electron chi connectivity index (χ0n) is 17.6. The molecule has 0 aromatic heterocycles. The quantitative estimate of drug-likeness (QED) is 0.315. The van der Waals surface area contributed by atoms with Gasteiger partial charge in [-0.3, -0.25) is 0 Å². The van der Waals surface area contributed by atoms with Crippen LogP contribution in [-0.4, -0.2) is 32.4 Å². The minimum Gasteiger partial charge on any atom is -0.497 e. The molecule has 0 heterocycles. The molecule has 0 aliphatic rings.